The van der Waals surface area contributed by atoms with Crippen LogP contribution in [0.5, 0.6) is 0 Å². The number of likely N-dealkylation sites (tertiary alicyclic amines) is 1. The van der Waals surface area contributed by atoms with Crippen molar-refractivity contribution in [1.82, 2.24) is 20.1 Å². The average molecular weight is 479 g/mol. The lowest BCUT2D eigenvalue weighted by atomic mass is 10.1. The lowest BCUT2D eigenvalue weighted by Crippen LogP contribution is -2.43. The number of hydrogen-bond donors (Lipinski definition) is 2. The maximum Gasteiger partial charge on any atom is 0.193 e. The molecule has 2 N–H and O–H groups in total. The van der Waals surface area contributed by atoms with Gasteiger partial charge in [0.05, 0.1) is 0 Å². The first-order chi connectivity index (χ1) is 12.8. The molecule has 5 nitrogen and oxygen atoms in total. The molecule has 1 saturated heterocycles. The van der Waals surface area contributed by atoms with Crippen LogP contribution in [0.4, 0.5) is 0 Å². The monoisotopic (exact) mass is 479 g/mol. The van der Waals surface area contributed by atoms with E-state index in [1.165, 1.54) is 28.5 Å². The number of nitrogens with one attached hydrogen (secondary N) is 2. The lowest BCUT2D eigenvalue weighted by molar-refractivity contribution is 0.259. The molecule has 27 heavy (non-hydrogen) atoms. The van der Waals surface area contributed by atoms with Gasteiger partial charge in [-0.25, -0.2) is 0 Å². The Hall–Kier alpha value is -1.54. The van der Waals surface area contributed by atoms with Crippen LogP contribution in [0.15, 0.2) is 41.5 Å². The zero-order valence-corrected chi connectivity index (χ0v) is 18.6. The van der Waals surface area contributed by atoms with Crippen molar-refractivity contribution >= 4 is 40.8 Å². The lowest BCUT2D eigenvalue weighted by Gasteiger charge is -2.25. The summed E-state index contributed by atoms with van der Waals surface area (Å²) in [7, 11) is 1.89. The number of benzene rings is 1. The summed E-state index contributed by atoms with van der Waals surface area (Å²) in [4.78, 5) is 12.9. The van der Waals surface area contributed by atoms with Crippen LogP contribution >= 0.6 is 24.0 Å². The van der Waals surface area contributed by atoms with Gasteiger partial charge in [-0.15, -0.1) is 24.0 Å². The van der Waals surface area contributed by atoms with Gasteiger partial charge in [-0.3, -0.25) is 9.89 Å². The molecule has 0 bridgehead atoms. The second-order valence-corrected chi connectivity index (χ2v) is 7.35. The van der Waals surface area contributed by atoms with E-state index in [2.05, 4.69) is 68.6 Å². The Morgan fingerprint density at radius 1 is 1.30 bits per heavy atom. The van der Waals surface area contributed by atoms with Gasteiger partial charge in [-0.2, -0.15) is 0 Å². The minimum atomic E-state index is 0. The third kappa shape index (κ3) is 4.32. The first-order valence-corrected chi connectivity index (χ1v) is 9.66. The van der Waals surface area contributed by atoms with Crippen molar-refractivity contribution in [3.05, 3.63) is 47.7 Å². The van der Waals surface area contributed by atoms with Crippen molar-refractivity contribution in [2.45, 2.75) is 25.8 Å². The normalized spacial score (nSPS) is 20.4. The van der Waals surface area contributed by atoms with Gasteiger partial charge in [0.25, 0.3) is 0 Å². The second-order valence-electron chi connectivity index (χ2n) is 7.35. The highest BCUT2D eigenvalue weighted by Crippen LogP contribution is 2.21. The minimum Gasteiger partial charge on any atom is -0.361 e. The molecule has 1 aromatic heterocycles. The van der Waals surface area contributed by atoms with Crippen LogP contribution in [0.2, 0.25) is 0 Å². The van der Waals surface area contributed by atoms with E-state index in [9.17, 15) is 0 Å². The number of hydrogen-bond acceptors (Lipinski definition) is 2. The highest BCUT2D eigenvalue weighted by Gasteiger charge is 2.29. The van der Waals surface area contributed by atoms with Crippen LogP contribution in [-0.2, 0) is 6.42 Å². The molecular formula is C21H30IN5. The number of guanidine groups is 1. The van der Waals surface area contributed by atoms with Crippen LogP contribution in [0.25, 0.3) is 10.9 Å². The van der Waals surface area contributed by atoms with E-state index in [1.807, 2.05) is 7.05 Å². The highest BCUT2D eigenvalue weighted by atomic mass is 127. The molecule has 1 unspecified atom stereocenters. The first-order valence-electron chi connectivity index (χ1n) is 9.66. The van der Waals surface area contributed by atoms with Gasteiger partial charge in [0.2, 0.25) is 0 Å². The molecule has 4 rings (SSSR count). The van der Waals surface area contributed by atoms with E-state index in [0.29, 0.717) is 6.04 Å². The number of halogens is 1. The van der Waals surface area contributed by atoms with Crippen LogP contribution in [0.1, 0.15) is 17.5 Å². The van der Waals surface area contributed by atoms with E-state index in [-0.39, 0.29) is 24.0 Å². The topological polar surface area (TPSA) is 46.7 Å². The van der Waals surface area contributed by atoms with Crippen molar-refractivity contribution < 1.29 is 0 Å². The fraction of sp³-hybridized carbons (Fsp3) is 0.476. The number of aromatic amines is 1. The number of para-hydroxylation sites is 1. The zero-order chi connectivity index (χ0) is 17.9. The summed E-state index contributed by atoms with van der Waals surface area (Å²) >= 11 is 0. The summed E-state index contributed by atoms with van der Waals surface area (Å²) in [5.74, 6) is 1.04. The summed E-state index contributed by atoms with van der Waals surface area (Å²) in [6.45, 7) is 7.43. The number of aryl methyl sites for hydroxylation is 1. The Kier molecular flexibility index (Phi) is 6.81. The third-order valence-corrected chi connectivity index (χ3v) is 5.72. The molecule has 0 amide bonds. The fourth-order valence-corrected chi connectivity index (χ4v) is 4.24. The molecule has 3 heterocycles. The smallest absolute Gasteiger partial charge is 0.193 e. The fourth-order valence-electron chi connectivity index (χ4n) is 4.24. The molecule has 6 heteroatoms. The van der Waals surface area contributed by atoms with Gasteiger partial charge in [0.15, 0.2) is 5.96 Å². The summed E-state index contributed by atoms with van der Waals surface area (Å²) in [5.41, 5.74) is 3.93. The molecule has 2 aromatic rings. The van der Waals surface area contributed by atoms with E-state index < -0.39 is 0 Å². The maximum absolute atomic E-state index is 4.52. The van der Waals surface area contributed by atoms with E-state index >= 15 is 0 Å². The third-order valence-electron chi connectivity index (χ3n) is 5.72. The van der Waals surface area contributed by atoms with Gasteiger partial charge in [0.1, 0.15) is 0 Å². The predicted molar refractivity (Wildman–Crippen MR) is 124 cm³/mol. The van der Waals surface area contributed by atoms with E-state index in [1.54, 1.807) is 0 Å². The summed E-state index contributed by atoms with van der Waals surface area (Å²) in [6, 6.07) is 7.15. The average Bonchev–Trinajstić information content (AvgIpc) is 3.39. The highest BCUT2D eigenvalue weighted by molar-refractivity contribution is 14.0. The largest absolute Gasteiger partial charge is 0.361 e. The molecule has 0 saturated carbocycles. The molecule has 146 valence electrons. The van der Waals surface area contributed by atoms with Crippen LogP contribution in [-0.4, -0.2) is 66.6 Å². The molecule has 1 atom stereocenters. The van der Waals surface area contributed by atoms with Gasteiger partial charge in [-0.05, 0) is 30.9 Å². The Morgan fingerprint density at radius 3 is 2.89 bits per heavy atom. The quantitative estimate of drug-likeness (QED) is 0.307. The van der Waals surface area contributed by atoms with Crippen molar-refractivity contribution in [3.63, 3.8) is 0 Å². The van der Waals surface area contributed by atoms with Gasteiger partial charge < -0.3 is 15.2 Å². The zero-order valence-electron chi connectivity index (χ0n) is 16.2. The Labute approximate surface area is 178 Å². The van der Waals surface area contributed by atoms with Crippen LogP contribution < -0.4 is 5.32 Å². The number of aliphatic imine (C=N–C) groups is 1. The molecule has 0 radical (unpaired) electrons. The molecule has 1 fully saturated rings. The van der Waals surface area contributed by atoms with E-state index in [0.717, 1.165) is 45.1 Å². The van der Waals surface area contributed by atoms with E-state index in [4.69, 9.17) is 0 Å². The first kappa shape index (κ1) is 20.2. The minimum absolute atomic E-state index is 0. The summed E-state index contributed by atoms with van der Waals surface area (Å²) < 4.78 is 0. The number of fused-ring (bicyclic) bond motifs is 1. The Bertz CT molecular complexity index is 817. The van der Waals surface area contributed by atoms with Crippen molar-refractivity contribution in [3.8, 4) is 0 Å². The van der Waals surface area contributed by atoms with Gasteiger partial charge in [0, 0.05) is 62.9 Å². The molecule has 2 aliphatic rings. The number of aromatic nitrogens is 1. The van der Waals surface area contributed by atoms with Crippen LogP contribution in [0.3, 0.4) is 0 Å². The van der Waals surface area contributed by atoms with Crippen molar-refractivity contribution in [2.75, 3.05) is 39.8 Å². The molecule has 0 spiro atoms. The molecular weight excluding hydrogens is 449 g/mol. The number of H-pyrrole nitrogens is 1. The molecule has 2 aliphatic heterocycles. The molecule has 1 aromatic carbocycles. The van der Waals surface area contributed by atoms with Gasteiger partial charge in [-0.1, -0.05) is 30.4 Å². The Morgan fingerprint density at radius 2 is 2.11 bits per heavy atom. The molecule has 0 aliphatic carbocycles. The second kappa shape index (κ2) is 9.10. The van der Waals surface area contributed by atoms with Crippen LogP contribution in [0, 0.1) is 6.92 Å². The van der Waals surface area contributed by atoms with Crippen molar-refractivity contribution in [1.29, 1.82) is 0 Å². The summed E-state index contributed by atoms with van der Waals surface area (Å²) in [6.07, 6.45) is 8.92. The standard InChI is InChI=1S/C21H29N5.HI/c1-16-6-5-7-19-17(14-24-20(16)19)8-10-23-21(22-2)26-13-9-18(15-26)25-11-3-4-12-25;/h3-7,14,18,24H,8-13,15H2,1-2H3,(H,22,23);1H. The van der Waals surface area contributed by atoms with Crippen molar-refractivity contribution in [2.24, 2.45) is 4.99 Å². The number of rotatable bonds is 4. The SMILES string of the molecule is CN=C(NCCc1c[nH]c2c(C)cccc12)N1CCC(N2CC=CC2)C1.I. The van der Waals surface area contributed by atoms with Gasteiger partial charge >= 0.3 is 0 Å². The maximum atomic E-state index is 4.52. The summed E-state index contributed by atoms with van der Waals surface area (Å²) in [5, 5.41) is 4.91. The Balaban J connectivity index is 0.00000210. The predicted octanol–water partition coefficient (Wildman–Crippen LogP) is 3.16. The number of nitrogens with zero attached hydrogens (tertiary/aromatic N) is 3.